The first-order valence-corrected chi connectivity index (χ1v) is 6.15. The van der Waals surface area contributed by atoms with Gasteiger partial charge in [-0.3, -0.25) is 9.78 Å². The quantitative estimate of drug-likeness (QED) is 0.835. The number of amides is 1. The lowest BCUT2D eigenvalue weighted by molar-refractivity contribution is -0.120. The molecule has 0 spiro atoms. The van der Waals surface area contributed by atoms with Crippen LogP contribution in [0.2, 0.25) is 0 Å². The van der Waals surface area contributed by atoms with Crippen LogP contribution in [0.25, 0.3) is 0 Å². The van der Waals surface area contributed by atoms with Gasteiger partial charge in [-0.25, -0.2) is 0 Å². The predicted molar refractivity (Wildman–Crippen MR) is 67.5 cm³/mol. The molecule has 1 aromatic rings. The molecule has 1 aromatic heterocycles. The summed E-state index contributed by atoms with van der Waals surface area (Å²) >= 11 is 0. The van der Waals surface area contributed by atoms with Crippen molar-refractivity contribution >= 4 is 11.6 Å². The van der Waals surface area contributed by atoms with E-state index < -0.39 is 0 Å². The maximum atomic E-state index is 12.1. The fourth-order valence-corrected chi connectivity index (χ4v) is 2.51. The van der Waals surface area contributed by atoms with Crippen LogP contribution < -0.4 is 11.1 Å². The SMILES string of the molecule is Cc1ncccc1NC(=O)[C@@H]1CCC[C@@H]1CN. The molecule has 1 amide bonds. The molecule has 1 fully saturated rings. The van der Waals surface area contributed by atoms with Gasteiger partial charge in [0.15, 0.2) is 0 Å². The molecule has 1 aliphatic carbocycles. The van der Waals surface area contributed by atoms with Crippen LogP contribution in [0.3, 0.4) is 0 Å². The first-order chi connectivity index (χ1) is 8.22. The summed E-state index contributed by atoms with van der Waals surface area (Å²) in [7, 11) is 0. The molecule has 17 heavy (non-hydrogen) atoms. The number of nitrogens with one attached hydrogen (secondary N) is 1. The molecule has 2 atom stereocenters. The molecule has 0 saturated heterocycles. The van der Waals surface area contributed by atoms with Crippen molar-refractivity contribution in [2.45, 2.75) is 26.2 Å². The summed E-state index contributed by atoms with van der Waals surface area (Å²) in [5, 5.41) is 2.96. The first kappa shape index (κ1) is 12.0. The van der Waals surface area contributed by atoms with Crippen LogP contribution in [-0.2, 0) is 4.79 Å². The molecule has 2 rings (SSSR count). The van der Waals surface area contributed by atoms with Gasteiger partial charge in [-0.2, -0.15) is 0 Å². The Bertz CT molecular complexity index is 405. The van der Waals surface area contributed by atoms with Crippen LogP contribution in [-0.4, -0.2) is 17.4 Å². The molecule has 0 unspecified atom stereocenters. The van der Waals surface area contributed by atoms with E-state index in [2.05, 4.69) is 10.3 Å². The second kappa shape index (κ2) is 5.27. The molecule has 0 radical (unpaired) electrons. The van der Waals surface area contributed by atoms with Gasteiger partial charge >= 0.3 is 0 Å². The summed E-state index contributed by atoms with van der Waals surface area (Å²) < 4.78 is 0. The fraction of sp³-hybridized carbons (Fsp3) is 0.538. The molecule has 0 bridgehead atoms. The van der Waals surface area contributed by atoms with E-state index in [9.17, 15) is 4.79 Å². The Morgan fingerprint density at radius 1 is 1.59 bits per heavy atom. The number of aryl methyl sites for hydroxylation is 1. The molecule has 1 saturated carbocycles. The molecule has 1 aliphatic rings. The molecule has 0 aromatic carbocycles. The molecule has 4 heteroatoms. The number of pyridine rings is 1. The highest BCUT2D eigenvalue weighted by Gasteiger charge is 2.31. The first-order valence-electron chi connectivity index (χ1n) is 6.15. The average molecular weight is 233 g/mol. The van der Waals surface area contributed by atoms with Gasteiger partial charge in [-0.05, 0) is 44.4 Å². The Kier molecular flexibility index (Phi) is 3.74. The highest BCUT2D eigenvalue weighted by molar-refractivity contribution is 5.93. The number of nitrogens with zero attached hydrogens (tertiary/aromatic N) is 1. The van der Waals surface area contributed by atoms with Crippen molar-refractivity contribution in [2.75, 3.05) is 11.9 Å². The van der Waals surface area contributed by atoms with E-state index in [4.69, 9.17) is 5.73 Å². The largest absolute Gasteiger partial charge is 0.330 e. The van der Waals surface area contributed by atoms with E-state index in [0.29, 0.717) is 12.5 Å². The Labute approximate surface area is 102 Å². The second-order valence-electron chi connectivity index (χ2n) is 4.66. The summed E-state index contributed by atoms with van der Waals surface area (Å²) in [5.41, 5.74) is 7.35. The van der Waals surface area contributed by atoms with Gasteiger partial charge in [0.2, 0.25) is 5.91 Å². The van der Waals surface area contributed by atoms with E-state index in [1.807, 2.05) is 19.1 Å². The fourth-order valence-electron chi connectivity index (χ4n) is 2.51. The predicted octanol–water partition coefficient (Wildman–Crippen LogP) is 1.70. The van der Waals surface area contributed by atoms with Crippen molar-refractivity contribution in [3.8, 4) is 0 Å². The highest BCUT2D eigenvalue weighted by Crippen LogP contribution is 2.31. The third kappa shape index (κ3) is 2.64. The molecule has 3 N–H and O–H groups in total. The lowest BCUT2D eigenvalue weighted by Crippen LogP contribution is -2.30. The van der Waals surface area contributed by atoms with Crippen LogP contribution in [0.1, 0.15) is 25.0 Å². The van der Waals surface area contributed by atoms with Crippen LogP contribution in [0.15, 0.2) is 18.3 Å². The molecule has 4 nitrogen and oxygen atoms in total. The monoisotopic (exact) mass is 233 g/mol. The lowest BCUT2D eigenvalue weighted by Gasteiger charge is -2.17. The van der Waals surface area contributed by atoms with Gasteiger partial charge < -0.3 is 11.1 Å². The zero-order valence-electron chi connectivity index (χ0n) is 10.1. The lowest BCUT2D eigenvalue weighted by atomic mass is 9.95. The topological polar surface area (TPSA) is 68.0 Å². The van der Waals surface area contributed by atoms with E-state index in [1.54, 1.807) is 6.20 Å². The Morgan fingerprint density at radius 3 is 3.12 bits per heavy atom. The second-order valence-corrected chi connectivity index (χ2v) is 4.66. The number of hydrogen-bond donors (Lipinski definition) is 2. The number of nitrogens with two attached hydrogens (primary N) is 1. The number of carbonyl (C=O) groups excluding carboxylic acids is 1. The third-order valence-electron chi connectivity index (χ3n) is 3.56. The van der Waals surface area contributed by atoms with Gasteiger partial charge in [0, 0.05) is 12.1 Å². The van der Waals surface area contributed by atoms with Gasteiger partial charge in [-0.1, -0.05) is 6.42 Å². The number of aromatic nitrogens is 1. The number of anilines is 1. The minimum absolute atomic E-state index is 0.0691. The third-order valence-corrected chi connectivity index (χ3v) is 3.56. The van der Waals surface area contributed by atoms with Crippen molar-refractivity contribution in [2.24, 2.45) is 17.6 Å². The maximum absolute atomic E-state index is 12.1. The Hall–Kier alpha value is -1.42. The molecule has 1 heterocycles. The van der Waals surface area contributed by atoms with E-state index in [-0.39, 0.29) is 11.8 Å². The zero-order valence-corrected chi connectivity index (χ0v) is 10.1. The smallest absolute Gasteiger partial charge is 0.227 e. The van der Waals surface area contributed by atoms with E-state index >= 15 is 0 Å². The Balaban J connectivity index is 2.04. The summed E-state index contributed by atoms with van der Waals surface area (Å²) in [4.78, 5) is 16.3. The number of hydrogen-bond acceptors (Lipinski definition) is 3. The van der Waals surface area contributed by atoms with Crippen LogP contribution in [0.4, 0.5) is 5.69 Å². The zero-order chi connectivity index (χ0) is 12.3. The highest BCUT2D eigenvalue weighted by atomic mass is 16.1. The molecule has 0 aliphatic heterocycles. The molecular weight excluding hydrogens is 214 g/mol. The standard InChI is InChI=1S/C13H19N3O/c1-9-12(6-3-7-15-9)16-13(17)11-5-2-4-10(11)8-14/h3,6-7,10-11H,2,4-5,8,14H2,1H3,(H,16,17)/t10-,11-/m1/s1. The van der Waals surface area contributed by atoms with Crippen LogP contribution >= 0.6 is 0 Å². The average Bonchev–Trinajstić information content (AvgIpc) is 2.80. The van der Waals surface area contributed by atoms with Gasteiger partial charge in [-0.15, -0.1) is 0 Å². The normalized spacial score (nSPS) is 23.6. The van der Waals surface area contributed by atoms with Crippen molar-refractivity contribution < 1.29 is 4.79 Å². The van der Waals surface area contributed by atoms with Crippen molar-refractivity contribution in [3.63, 3.8) is 0 Å². The molecular formula is C13H19N3O. The Morgan fingerprint density at radius 2 is 2.41 bits per heavy atom. The van der Waals surface area contributed by atoms with E-state index in [1.165, 1.54) is 0 Å². The van der Waals surface area contributed by atoms with Gasteiger partial charge in [0.1, 0.15) is 0 Å². The number of carbonyl (C=O) groups is 1. The minimum Gasteiger partial charge on any atom is -0.330 e. The van der Waals surface area contributed by atoms with Crippen LogP contribution in [0.5, 0.6) is 0 Å². The maximum Gasteiger partial charge on any atom is 0.227 e. The van der Waals surface area contributed by atoms with Crippen molar-refractivity contribution in [1.29, 1.82) is 0 Å². The van der Waals surface area contributed by atoms with Gasteiger partial charge in [0.25, 0.3) is 0 Å². The summed E-state index contributed by atoms with van der Waals surface area (Å²) in [6.45, 7) is 2.49. The number of rotatable bonds is 3. The van der Waals surface area contributed by atoms with Crippen molar-refractivity contribution in [1.82, 2.24) is 4.98 Å². The summed E-state index contributed by atoms with van der Waals surface area (Å²) in [6, 6.07) is 3.71. The minimum atomic E-state index is 0.0691. The van der Waals surface area contributed by atoms with Crippen molar-refractivity contribution in [3.05, 3.63) is 24.0 Å². The van der Waals surface area contributed by atoms with Crippen LogP contribution in [0, 0.1) is 18.8 Å². The summed E-state index contributed by atoms with van der Waals surface area (Å²) in [6.07, 6.45) is 4.85. The summed E-state index contributed by atoms with van der Waals surface area (Å²) in [5.74, 6) is 0.501. The molecule has 92 valence electrons. The van der Waals surface area contributed by atoms with E-state index in [0.717, 1.165) is 30.6 Å². The van der Waals surface area contributed by atoms with Gasteiger partial charge in [0.05, 0.1) is 11.4 Å².